The highest BCUT2D eigenvalue weighted by molar-refractivity contribution is 7.90. The Morgan fingerprint density at radius 2 is 1.80 bits per heavy atom. The van der Waals surface area contributed by atoms with Gasteiger partial charge in [0.2, 0.25) is 0 Å². The summed E-state index contributed by atoms with van der Waals surface area (Å²) >= 11 is 0. The third kappa shape index (κ3) is 6.69. The molecule has 236 valence electrons. The van der Waals surface area contributed by atoms with Gasteiger partial charge in [-0.2, -0.15) is 22.9 Å². The van der Waals surface area contributed by atoms with Gasteiger partial charge in [0.05, 0.1) is 27.8 Å². The monoisotopic (exact) mass is 640 g/mol. The van der Waals surface area contributed by atoms with Crippen LogP contribution in [0, 0.1) is 6.92 Å². The van der Waals surface area contributed by atoms with Crippen molar-refractivity contribution in [1.82, 2.24) is 24.5 Å². The number of hydrogen-bond acceptors (Lipinski definition) is 10. The van der Waals surface area contributed by atoms with Crippen molar-refractivity contribution in [3.05, 3.63) is 65.9 Å². The normalized spacial score (nSPS) is 15.4. The summed E-state index contributed by atoms with van der Waals surface area (Å²) in [6.45, 7) is 3.36. The Morgan fingerprint density at radius 1 is 1.09 bits per heavy atom. The minimum atomic E-state index is -4.70. The SMILES string of the molecule is CCOC(=O)OCOn1on1N1CCCC1C(=O)NS(=O)(=O)c1ccc(-n2nc(C(F)(F)F)cc2-c2ccc(C)cc2)cc1. The Morgan fingerprint density at radius 3 is 2.45 bits per heavy atom. The van der Waals surface area contributed by atoms with Gasteiger partial charge in [-0.3, -0.25) is 4.79 Å². The van der Waals surface area contributed by atoms with Crippen molar-refractivity contribution in [2.45, 2.75) is 43.8 Å². The zero-order chi connectivity index (χ0) is 31.6. The number of hydrogen-bond donors (Lipinski definition) is 1. The van der Waals surface area contributed by atoms with Gasteiger partial charge in [0.15, 0.2) is 5.69 Å². The first-order valence-corrected chi connectivity index (χ1v) is 14.7. The van der Waals surface area contributed by atoms with Gasteiger partial charge in [-0.05, 0) is 57.0 Å². The molecule has 0 bridgehead atoms. The Kier molecular flexibility index (Phi) is 8.36. The molecule has 44 heavy (non-hydrogen) atoms. The number of halogens is 3. The first-order valence-electron chi connectivity index (χ1n) is 13.3. The molecule has 1 aliphatic heterocycles. The Labute approximate surface area is 248 Å². The second kappa shape index (κ2) is 12.0. The van der Waals surface area contributed by atoms with E-state index >= 15 is 0 Å². The summed E-state index contributed by atoms with van der Waals surface area (Å²) in [6.07, 6.45) is -4.81. The summed E-state index contributed by atoms with van der Waals surface area (Å²) in [6, 6.07) is 11.7. The summed E-state index contributed by atoms with van der Waals surface area (Å²) in [5.41, 5.74) is 0.624. The first kappa shape index (κ1) is 30.6. The number of alkyl halides is 3. The van der Waals surface area contributed by atoms with Gasteiger partial charge in [0.1, 0.15) is 11.1 Å². The smallest absolute Gasteiger partial charge is 0.435 e. The topological polar surface area (TPSA) is 152 Å². The molecule has 2 aromatic carbocycles. The lowest BCUT2D eigenvalue weighted by molar-refractivity contribution is -0.141. The van der Waals surface area contributed by atoms with Gasteiger partial charge in [0.25, 0.3) is 22.7 Å². The molecule has 0 aliphatic carbocycles. The van der Waals surface area contributed by atoms with Crippen LogP contribution in [-0.4, -0.2) is 66.2 Å². The molecular weight excluding hydrogens is 613 g/mol. The average Bonchev–Trinajstić information content (AvgIpc) is 3.34. The number of amides is 1. The average molecular weight is 641 g/mol. The Bertz CT molecular complexity index is 1720. The van der Waals surface area contributed by atoms with Crippen molar-refractivity contribution in [1.29, 1.82) is 0 Å². The van der Waals surface area contributed by atoms with Crippen molar-refractivity contribution in [3.63, 3.8) is 0 Å². The second-order valence-electron chi connectivity index (χ2n) is 9.62. The first-order chi connectivity index (χ1) is 20.9. The fourth-order valence-corrected chi connectivity index (χ4v) is 5.45. The van der Waals surface area contributed by atoms with E-state index in [-0.39, 0.29) is 22.9 Å². The lowest BCUT2D eigenvalue weighted by atomic mass is 10.1. The van der Waals surface area contributed by atoms with Crippen LogP contribution in [0.4, 0.5) is 18.0 Å². The van der Waals surface area contributed by atoms with Gasteiger partial charge in [-0.1, -0.05) is 29.8 Å². The van der Waals surface area contributed by atoms with E-state index in [4.69, 9.17) is 9.47 Å². The molecular formula is C26H27F3N6O8S. The highest BCUT2D eigenvalue weighted by Gasteiger charge is 2.39. The molecule has 4 aromatic rings. The summed E-state index contributed by atoms with van der Waals surface area (Å²) in [5, 5.41) is 5.97. The van der Waals surface area contributed by atoms with Gasteiger partial charge in [-0.25, -0.2) is 27.6 Å². The Hall–Kier alpha value is -4.87. The van der Waals surface area contributed by atoms with Crippen molar-refractivity contribution >= 4 is 22.1 Å². The number of benzene rings is 2. The summed E-state index contributed by atoms with van der Waals surface area (Å²) < 4.78 is 84.1. The molecule has 0 saturated carbocycles. The summed E-state index contributed by atoms with van der Waals surface area (Å²) in [5.74, 6) is -0.839. The van der Waals surface area contributed by atoms with Crippen LogP contribution in [0.1, 0.15) is 31.0 Å². The van der Waals surface area contributed by atoms with Crippen molar-refractivity contribution in [2.75, 3.05) is 25.0 Å². The highest BCUT2D eigenvalue weighted by atomic mass is 32.2. The highest BCUT2D eigenvalue weighted by Crippen LogP contribution is 2.33. The third-order valence-electron chi connectivity index (χ3n) is 6.58. The lowest BCUT2D eigenvalue weighted by Gasteiger charge is -2.19. The molecule has 0 radical (unpaired) electrons. The van der Waals surface area contributed by atoms with E-state index in [2.05, 4.69) is 14.6 Å². The molecule has 1 saturated heterocycles. The zero-order valence-corrected chi connectivity index (χ0v) is 24.2. The molecule has 0 spiro atoms. The molecule has 1 fully saturated rings. The molecule has 14 nitrogen and oxygen atoms in total. The number of nitrogens with one attached hydrogen (secondary N) is 1. The maximum Gasteiger partial charge on any atom is 0.511 e. The van der Waals surface area contributed by atoms with Gasteiger partial charge >= 0.3 is 12.3 Å². The predicted molar refractivity (Wildman–Crippen MR) is 144 cm³/mol. The number of aryl methyl sites for hydroxylation is 1. The van der Waals surface area contributed by atoms with Crippen LogP contribution in [0.2, 0.25) is 0 Å². The predicted octanol–water partition coefficient (Wildman–Crippen LogP) is 3.23. The van der Waals surface area contributed by atoms with Crippen LogP contribution in [0.25, 0.3) is 16.9 Å². The van der Waals surface area contributed by atoms with Crippen molar-refractivity contribution in [2.24, 2.45) is 0 Å². The summed E-state index contributed by atoms with van der Waals surface area (Å²) in [7, 11) is -4.36. The number of aromatic nitrogens is 4. The fraction of sp³-hybridized carbons (Fsp3) is 0.346. The molecule has 1 N–H and O–H groups in total. The van der Waals surface area contributed by atoms with Crippen LogP contribution in [0.15, 0.2) is 64.1 Å². The van der Waals surface area contributed by atoms with Crippen LogP contribution in [0.5, 0.6) is 0 Å². The van der Waals surface area contributed by atoms with E-state index in [1.807, 2.05) is 11.6 Å². The fourth-order valence-electron chi connectivity index (χ4n) is 4.43. The third-order valence-corrected chi connectivity index (χ3v) is 7.94. The zero-order valence-electron chi connectivity index (χ0n) is 23.4. The maximum absolute atomic E-state index is 13.5. The molecule has 1 atom stereocenters. The molecule has 1 amide bonds. The molecule has 18 heteroatoms. The minimum absolute atomic E-state index is 0.116. The maximum atomic E-state index is 13.5. The number of carbonyl (C=O) groups excluding carboxylic acids is 2. The second-order valence-corrected chi connectivity index (χ2v) is 11.3. The minimum Gasteiger partial charge on any atom is -0.435 e. The molecule has 3 heterocycles. The van der Waals surface area contributed by atoms with Gasteiger partial charge in [0, 0.05) is 12.1 Å². The van der Waals surface area contributed by atoms with E-state index in [1.54, 1.807) is 31.2 Å². The summed E-state index contributed by atoms with van der Waals surface area (Å²) in [4.78, 5) is 30.0. The number of carbonyl (C=O) groups is 2. The number of ether oxygens (including phenoxy) is 2. The van der Waals surface area contributed by atoms with E-state index in [0.717, 1.165) is 38.4 Å². The van der Waals surface area contributed by atoms with Crippen LogP contribution >= 0.6 is 0 Å². The number of rotatable bonds is 10. The Balaban J connectivity index is 1.28. The van der Waals surface area contributed by atoms with Crippen LogP contribution in [-0.2, 0) is 30.5 Å². The van der Waals surface area contributed by atoms with Crippen molar-refractivity contribution in [3.8, 4) is 16.9 Å². The van der Waals surface area contributed by atoms with E-state index in [1.165, 1.54) is 17.1 Å². The van der Waals surface area contributed by atoms with Crippen LogP contribution in [0.3, 0.4) is 0 Å². The van der Waals surface area contributed by atoms with E-state index < -0.39 is 46.8 Å². The number of sulfonamides is 1. The standard InChI is InChI=1S/C26H27F3N6O8S/c1-3-40-25(37)41-16-42-35-34(43-35)32-14-4-5-21(32)24(36)31-44(38,39)20-12-10-19(11-13-20)33-22(15-23(30-33)26(27,28)29)18-8-6-17(2)7-9-18/h6-13,15,21H,3-5,14,16H2,1-2H3,(H,31,36). The van der Waals surface area contributed by atoms with E-state index in [9.17, 15) is 31.2 Å². The quantitative estimate of drug-likeness (QED) is 0.202. The van der Waals surface area contributed by atoms with E-state index in [0.29, 0.717) is 24.9 Å². The molecule has 5 rings (SSSR count). The van der Waals surface area contributed by atoms with Gasteiger partial charge < -0.3 is 14.3 Å². The largest absolute Gasteiger partial charge is 0.511 e. The molecule has 2 aromatic heterocycles. The number of nitrogens with zero attached hydrogens (tertiary/aromatic N) is 5. The molecule has 1 unspecified atom stereocenters. The van der Waals surface area contributed by atoms with Crippen molar-refractivity contribution < 1.29 is 50.1 Å². The van der Waals surface area contributed by atoms with Gasteiger partial charge in [-0.15, -0.1) is 0 Å². The van der Waals surface area contributed by atoms with Crippen LogP contribution < -0.4 is 14.6 Å². The lowest BCUT2D eigenvalue weighted by Crippen LogP contribution is -2.49. The molecule has 1 aliphatic rings.